The monoisotopic (exact) mass is 429 g/mol. The predicted molar refractivity (Wildman–Crippen MR) is 118 cm³/mol. The fraction of sp³-hybridized carbons (Fsp3) is 0.625. The third-order valence-electron chi connectivity index (χ3n) is 6.34. The zero-order chi connectivity index (χ0) is 22.1. The van der Waals surface area contributed by atoms with Crippen molar-refractivity contribution in [2.24, 2.45) is 11.8 Å². The summed E-state index contributed by atoms with van der Waals surface area (Å²) >= 11 is 0. The van der Waals surface area contributed by atoms with Crippen molar-refractivity contribution in [1.82, 2.24) is 15.1 Å². The van der Waals surface area contributed by atoms with Crippen molar-refractivity contribution in [3.05, 3.63) is 35.9 Å². The number of nitrogens with one attached hydrogen (secondary N) is 1. The van der Waals surface area contributed by atoms with Gasteiger partial charge in [0.2, 0.25) is 17.7 Å². The Kier molecular flexibility index (Phi) is 8.88. The largest absolute Gasteiger partial charge is 0.383 e. The molecular formula is C24H35N3O4. The first-order valence-electron chi connectivity index (χ1n) is 11.4. The van der Waals surface area contributed by atoms with Gasteiger partial charge in [-0.2, -0.15) is 0 Å². The Morgan fingerprint density at radius 1 is 1.16 bits per heavy atom. The summed E-state index contributed by atoms with van der Waals surface area (Å²) in [6.07, 6.45) is 4.51. The van der Waals surface area contributed by atoms with Gasteiger partial charge in [0.05, 0.1) is 12.5 Å². The van der Waals surface area contributed by atoms with Crippen LogP contribution in [-0.4, -0.2) is 74.0 Å². The van der Waals surface area contributed by atoms with E-state index in [0.29, 0.717) is 38.6 Å². The van der Waals surface area contributed by atoms with E-state index < -0.39 is 0 Å². The third kappa shape index (κ3) is 7.06. The third-order valence-corrected chi connectivity index (χ3v) is 6.34. The molecule has 0 spiro atoms. The highest BCUT2D eigenvalue weighted by atomic mass is 16.5. The van der Waals surface area contributed by atoms with E-state index in [1.807, 2.05) is 28.0 Å². The van der Waals surface area contributed by atoms with Gasteiger partial charge in [-0.3, -0.25) is 14.4 Å². The molecule has 0 radical (unpaired) electrons. The minimum absolute atomic E-state index is 0.0614. The number of piperidine rings is 1. The second-order valence-corrected chi connectivity index (χ2v) is 8.65. The lowest BCUT2D eigenvalue weighted by Gasteiger charge is -2.34. The van der Waals surface area contributed by atoms with Gasteiger partial charge in [0, 0.05) is 52.7 Å². The Balaban J connectivity index is 1.34. The van der Waals surface area contributed by atoms with Crippen LogP contribution in [0.5, 0.6) is 0 Å². The molecule has 0 aromatic heterocycles. The number of carbonyl (C=O) groups is 3. The van der Waals surface area contributed by atoms with Crippen LogP contribution < -0.4 is 5.32 Å². The second-order valence-electron chi connectivity index (χ2n) is 8.65. The number of hydrogen-bond acceptors (Lipinski definition) is 4. The van der Waals surface area contributed by atoms with E-state index in [0.717, 1.165) is 38.8 Å². The summed E-state index contributed by atoms with van der Waals surface area (Å²) in [4.78, 5) is 40.9. The number of carbonyl (C=O) groups excluding carboxylic acids is 3. The number of methoxy groups -OCH3 is 1. The average Bonchev–Trinajstić information content (AvgIpc) is 3.15. The number of ether oxygens (including phenoxy) is 1. The maximum atomic E-state index is 12.5. The van der Waals surface area contributed by atoms with Crippen LogP contribution in [0.1, 0.15) is 37.7 Å². The molecule has 1 aromatic rings. The fourth-order valence-electron chi connectivity index (χ4n) is 4.47. The van der Waals surface area contributed by atoms with Crippen molar-refractivity contribution >= 4 is 17.7 Å². The predicted octanol–water partition coefficient (Wildman–Crippen LogP) is 1.86. The highest BCUT2D eigenvalue weighted by molar-refractivity contribution is 5.89. The first-order chi connectivity index (χ1) is 15.1. The maximum absolute atomic E-state index is 12.5. The minimum Gasteiger partial charge on any atom is -0.383 e. The summed E-state index contributed by atoms with van der Waals surface area (Å²) in [6, 6.07) is 10.3. The summed E-state index contributed by atoms with van der Waals surface area (Å²) in [5, 5.41) is 2.83. The molecule has 1 aromatic carbocycles. The highest BCUT2D eigenvalue weighted by Crippen LogP contribution is 2.24. The summed E-state index contributed by atoms with van der Waals surface area (Å²) in [5.74, 6) is 0.359. The molecule has 2 aliphatic rings. The highest BCUT2D eigenvalue weighted by Gasteiger charge is 2.35. The van der Waals surface area contributed by atoms with E-state index in [9.17, 15) is 14.4 Å². The molecule has 3 amide bonds. The molecule has 31 heavy (non-hydrogen) atoms. The molecule has 7 nitrogen and oxygen atoms in total. The van der Waals surface area contributed by atoms with Gasteiger partial charge in [-0.15, -0.1) is 0 Å². The Morgan fingerprint density at radius 2 is 1.90 bits per heavy atom. The van der Waals surface area contributed by atoms with E-state index in [1.165, 1.54) is 5.56 Å². The number of aryl methyl sites for hydroxylation is 1. The van der Waals surface area contributed by atoms with Crippen LogP contribution in [0.25, 0.3) is 0 Å². The molecule has 1 atom stereocenters. The molecule has 7 heteroatoms. The fourth-order valence-corrected chi connectivity index (χ4v) is 4.47. The van der Waals surface area contributed by atoms with Crippen molar-refractivity contribution in [3.8, 4) is 0 Å². The lowest BCUT2D eigenvalue weighted by Crippen LogP contribution is -2.42. The lowest BCUT2D eigenvalue weighted by atomic mass is 9.95. The lowest BCUT2D eigenvalue weighted by molar-refractivity contribution is -0.133. The molecule has 1 N–H and O–H groups in total. The molecule has 2 fully saturated rings. The molecule has 2 heterocycles. The SMILES string of the molecule is COCCNC(=O)C1CC(=O)N(CC2CCN(C(=O)CCCc3ccccc3)CC2)C1. The summed E-state index contributed by atoms with van der Waals surface area (Å²) in [5.41, 5.74) is 1.27. The van der Waals surface area contributed by atoms with Crippen LogP contribution in [0.15, 0.2) is 30.3 Å². The molecule has 3 rings (SSSR count). The first-order valence-corrected chi connectivity index (χ1v) is 11.4. The molecule has 0 aliphatic carbocycles. The van der Waals surface area contributed by atoms with Gasteiger partial charge in [-0.05, 0) is 37.2 Å². The normalized spacial score (nSPS) is 19.6. The van der Waals surface area contributed by atoms with Crippen molar-refractivity contribution in [2.75, 3.05) is 46.4 Å². The molecule has 2 aliphatic heterocycles. The average molecular weight is 430 g/mol. The first kappa shape index (κ1) is 23.3. The molecule has 170 valence electrons. The zero-order valence-corrected chi connectivity index (χ0v) is 18.6. The zero-order valence-electron chi connectivity index (χ0n) is 18.6. The van der Waals surface area contributed by atoms with Crippen LogP contribution in [0.4, 0.5) is 0 Å². The van der Waals surface area contributed by atoms with E-state index >= 15 is 0 Å². The van der Waals surface area contributed by atoms with Crippen molar-refractivity contribution in [3.63, 3.8) is 0 Å². The van der Waals surface area contributed by atoms with Crippen LogP contribution in [0.3, 0.4) is 0 Å². The van der Waals surface area contributed by atoms with Gasteiger partial charge < -0.3 is 19.9 Å². The van der Waals surface area contributed by atoms with E-state index in [4.69, 9.17) is 4.74 Å². The summed E-state index contributed by atoms with van der Waals surface area (Å²) < 4.78 is 4.94. The van der Waals surface area contributed by atoms with E-state index in [2.05, 4.69) is 17.4 Å². The molecule has 1 unspecified atom stereocenters. The number of rotatable bonds is 10. The van der Waals surface area contributed by atoms with E-state index in [1.54, 1.807) is 7.11 Å². The van der Waals surface area contributed by atoms with Gasteiger partial charge >= 0.3 is 0 Å². The number of benzene rings is 1. The number of hydrogen-bond donors (Lipinski definition) is 1. The maximum Gasteiger partial charge on any atom is 0.225 e. The summed E-state index contributed by atoms with van der Waals surface area (Å²) in [7, 11) is 1.59. The summed E-state index contributed by atoms with van der Waals surface area (Å²) in [6.45, 7) is 3.65. The van der Waals surface area contributed by atoms with Crippen molar-refractivity contribution < 1.29 is 19.1 Å². The van der Waals surface area contributed by atoms with Crippen LogP contribution in [0.2, 0.25) is 0 Å². The van der Waals surface area contributed by atoms with Crippen molar-refractivity contribution in [2.45, 2.75) is 38.5 Å². The Hall–Kier alpha value is -2.41. The Labute approximate surface area is 185 Å². The number of nitrogens with zero attached hydrogens (tertiary/aromatic N) is 2. The number of likely N-dealkylation sites (tertiary alicyclic amines) is 2. The Morgan fingerprint density at radius 3 is 2.61 bits per heavy atom. The quantitative estimate of drug-likeness (QED) is 0.576. The van der Waals surface area contributed by atoms with Gasteiger partial charge in [0.15, 0.2) is 0 Å². The van der Waals surface area contributed by atoms with Crippen LogP contribution in [0, 0.1) is 11.8 Å². The van der Waals surface area contributed by atoms with Crippen molar-refractivity contribution in [1.29, 1.82) is 0 Å². The molecule has 0 bridgehead atoms. The Bertz CT molecular complexity index is 732. The standard InChI is InChI=1S/C24H35N3O4/c1-31-15-12-25-24(30)21-16-23(29)27(18-21)17-20-10-13-26(14-11-20)22(28)9-5-8-19-6-3-2-4-7-19/h2-4,6-7,20-21H,5,8-18H2,1H3,(H,25,30). The smallest absolute Gasteiger partial charge is 0.225 e. The van der Waals surface area contributed by atoms with Gasteiger partial charge in [-0.25, -0.2) is 0 Å². The molecule has 0 saturated carbocycles. The van der Waals surface area contributed by atoms with Gasteiger partial charge in [0.1, 0.15) is 0 Å². The van der Waals surface area contributed by atoms with Gasteiger partial charge in [-0.1, -0.05) is 30.3 Å². The number of amides is 3. The van der Waals surface area contributed by atoms with Crippen LogP contribution in [-0.2, 0) is 25.5 Å². The topological polar surface area (TPSA) is 79.0 Å². The van der Waals surface area contributed by atoms with Gasteiger partial charge in [0.25, 0.3) is 0 Å². The molecular weight excluding hydrogens is 394 g/mol. The molecule has 2 saturated heterocycles. The minimum atomic E-state index is -0.268. The van der Waals surface area contributed by atoms with E-state index in [-0.39, 0.29) is 30.1 Å². The van der Waals surface area contributed by atoms with Crippen LogP contribution >= 0.6 is 0 Å². The second kappa shape index (κ2) is 11.8.